The maximum absolute atomic E-state index is 12.0. The number of para-hydroxylation sites is 1. The van der Waals surface area contributed by atoms with Gasteiger partial charge in [-0.05, 0) is 6.07 Å². The van der Waals surface area contributed by atoms with Crippen LogP contribution in [0.2, 0.25) is 0 Å². The zero-order chi connectivity index (χ0) is 11.8. The molecule has 0 spiro atoms. The van der Waals surface area contributed by atoms with E-state index in [1.54, 1.807) is 0 Å². The van der Waals surface area contributed by atoms with E-state index in [1.807, 2.05) is 39.0 Å². The Morgan fingerprint density at radius 2 is 2.06 bits per heavy atom. The van der Waals surface area contributed by atoms with Crippen LogP contribution in [0.1, 0.15) is 38.7 Å². The van der Waals surface area contributed by atoms with Crippen molar-refractivity contribution in [2.75, 3.05) is 6.61 Å². The summed E-state index contributed by atoms with van der Waals surface area (Å²) in [6.45, 7) is 6.55. The van der Waals surface area contributed by atoms with E-state index in [0.717, 1.165) is 5.75 Å². The van der Waals surface area contributed by atoms with Crippen LogP contribution in [-0.4, -0.2) is 12.4 Å². The van der Waals surface area contributed by atoms with Crippen LogP contribution >= 0.6 is 0 Å². The predicted molar refractivity (Wildman–Crippen MR) is 63.8 cm³/mol. The summed E-state index contributed by atoms with van der Waals surface area (Å²) in [7, 11) is 0. The molecule has 0 bridgehead atoms. The number of Topliss-reactive ketones (excluding diaryl/α,β-unsaturated/α-hetero) is 1. The van der Waals surface area contributed by atoms with E-state index in [-0.39, 0.29) is 11.3 Å². The second-order valence-corrected chi connectivity index (χ2v) is 5.42. The van der Waals surface area contributed by atoms with Crippen LogP contribution in [-0.2, 0) is 4.79 Å². The monoisotopic (exact) mass is 218 g/mol. The third-order valence-corrected chi connectivity index (χ3v) is 3.07. The van der Waals surface area contributed by atoms with Crippen LogP contribution in [0.25, 0.3) is 0 Å². The first-order valence-electron chi connectivity index (χ1n) is 5.73. The van der Waals surface area contributed by atoms with Crippen molar-refractivity contribution in [1.82, 2.24) is 0 Å². The molecule has 0 amide bonds. The number of fused-ring (bicyclic) bond motifs is 1. The van der Waals surface area contributed by atoms with Gasteiger partial charge in [0.15, 0.2) is 0 Å². The average Bonchev–Trinajstić information content (AvgIpc) is 2.61. The van der Waals surface area contributed by atoms with Crippen molar-refractivity contribution >= 4 is 5.78 Å². The first kappa shape index (κ1) is 11.2. The molecule has 1 aromatic carbocycles. The fourth-order valence-corrected chi connectivity index (χ4v) is 1.93. The van der Waals surface area contributed by atoms with Gasteiger partial charge in [-0.1, -0.05) is 39.0 Å². The average molecular weight is 218 g/mol. The fourth-order valence-electron chi connectivity index (χ4n) is 1.93. The van der Waals surface area contributed by atoms with E-state index < -0.39 is 0 Å². The molecule has 16 heavy (non-hydrogen) atoms. The molecule has 2 nitrogen and oxygen atoms in total. The summed E-state index contributed by atoms with van der Waals surface area (Å²) in [6.07, 6.45) is 0.584. The zero-order valence-electron chi connectivity index (χ0n) is 10.1. The number of carbonyl (C=O) groups is 1. The lowest BCUT2D eigenvalue weighted by atomic mass is 9.84. The minimum Gasteiger partial charge on any atom is -0.493 e. The van der Waals surface area contributed by atoms with Crippen LogP contribution in [0.3, 0.4) is 0 Å². The zero-order valence-corrected chi connectivity index (χ0v) is 10.1. The first-order chi connectivity index (χ1) is 7.48. The lowest BCUT2D eigenvalue weighted by Gasteiger charge is -2.18. The quantitative estimate of drug-likeness (QED) is 0.762. The van der Waals surface area contributed by atoms with Crippen molar-refractivity contribution < 1.29 is 9.53 Å². The van der Waals surface area contributed by atoms with Gasteiger partial charge in [0, 0.05) is 23.3 Å². The third kappa shape index (κ3) is 2.11. The molecular weight excluding hydrogens is 200 g/mol. The number of rotatable bonds is 2. The Labute approximate surface area is 96.6 Å². The predicted octanol–water partition coefficient (Wildman–Crippen LogP) is 3.17. The van der Waals surface area contributed by atoms with Crippen LogP contribution < -0.4 is 4.74 Å². The van der Waals surface area contributed by atoms with Crippen LogP contribution in [0.4, 0.5) is 0 Å². The molecule has 0 saturated heterocycles. The third-order valence-electron chi connectivity index (χ3n) is 3.07. The Balaban J connectivity index is 2.12. The van der Waals surface area contributed by atoms with Gasteiger partial charge in [0.1, 0.15) is 11.5 Å². The second-order valence-electron chi connectivity index (χ2n) is 5.42. The fraction of sp³-hybridized carbons (Fsp3) is 0.500. The molecule has 2 heteroatoms. The van der Waals surface area contributed by atoms with Gasteiger partial charge in [0.2, 0.25) is 0 Å². The number of hydrogen-bond acceptors (Lipinski definition) is 2. The summed E-state index contributed by atoms with van der Waals surface area (Å²) < 4.78 is 5.57. The molecule has 0 aromatic heterocycles. The van der Waals surface area contributed by atoms with Crippen LogP contribution in [0.15, 0.2) is 24.3 Å². The smallest absolute Gasteiger partial charge is 0.138 e. The Morgan fingerprint density at radius 1 is 1.38 bits per heavy atom. The van der Waals surface area contributed by atoms with Crippen molar-refractivity contribution in [1.29, 1.82) is 0 Å². The van der Waals surface area contributed by atoms with Crippen molar-refractivity contribution in [3.8, 4) is 5.75 Å². The van der Waals surface area contributed by atoms with E-state index in [2.05, 4.69) is 6.07 Å². The van der Waals surface area contributed by atoms with Gasteiger partial charge in [0.05, 0.1) is 6.61 Å². The molecule has 0 aliphatic carbocycles. The molecule has 1 heterocycles. The van der Waals surface area contributed by atoms with Gasteiger partial charge >= 0.3 is 0 Å². The second kappa shape index (κ2) is 3.93. The van der Waals surface area contributed by atoms with E-state index in [9.17, 15) is 4.79 Å². The summed E-state index contributed by atoms with van der Waals surface area (Å²) in [5, 5.41) is 0. The van der Waals surface area contributed by atoms with Crippen molar-refractivity contribution in [2.24, 2.45) is 5.41 Å². The van der Waals surface area contributed by atoms with Crippen molar-refractivity contribution in [3.05, 3.63) is 29.8 Å². The van der Waals surface area contributed by atoms with E-state index in [0.29, 0.717) is 18.8 Å². The summed E-state index contributed by atoms with van der Waals surface area (Å²) in [5.74, 6) is 1.48. The normalized spacial score (nSPS) is 19.1. The largest absolute Gasteiger partial charge is 0.493 e. The Morgan fingerprint density at radius 3 is 2.75 bits per heavy atom. The minimum absolute atomic E-state index is 0.239. The number of hydrogen-bond donors (Lipinski definition) is 0. The lowest BCUT2D eigenvalue weighted by molar-refractivity contribution is -0.126. The summed E-state index contributed by atoms with van der Waals surface area (Å²) in [6, 6.07) is 7.99. The van der Waals surface area contributed by atoms with Gasteiger partial charge in [0.25, 0.3) is 0 Å². The van der Waals surface area contributed by atoms with E-state index in [1.165, 1.54) is 5.56 Å². The van der Waals surface area contributed by atoms with Gasteiger partial charge < -0.3 is 4.74 Å². The molecular formula is C14H18O2. The summed E-state index contributed by atoms with van der Waals surface area (Å²) >= 11 is 0. The summed E-state index contributed by atoms with van der Waals surface area (Å²) in [5.41, 5.74) is 0.928. The molecule has 1 aromatic rings. The minimum atomic E-state index is -0.252. The highest BCUT2D eigenvalue weighted by molar-refractivity contribution is 5.84. The maximum Gasteiger partial charge on any atom is 0.138 e. The SMILES string of the molecule is CC(C)(C)C(=O)CC1COc2ccccc21. The number of benzene rings is 1. The molecule has 2 rings (SSSR count). The van der Waals surface area contributed by atoms with Gasteiger partial charge in [-0.25, -0.2) is 0 Å². The van der Waals surface area contributed by atoms with Gasteiger partial charge in [-0.2, -0.15) is 0 Å². The van der Waals surface area contributed by atoms with Crippen molar-refractivity contribution in [2.45, 2.75) is 33.1 Å². The molecule has 1 unspecified atom stereocenters. The Bertz CT molecular complexity index is 401. The Kier molecular flexibility index (Phi) is 2.75. The Hall–Kier alpha value is -1.31. The summed E-state index contributed by atoms with van der Waals surface area (Å²) in [4.78, 5) is 12.0. The number of ketones is 1. The molecule has 1 aliphatic rings. The maximum atomic E-state index is 12.0. The number of ether oxygens (including phenoxy) is 1. The first-order valence-corrected chi connectivity index (χ1v) is 5.73. The number of carbonyl (C=O) groups excluding carboxylic acids is 1. The van der Waals surface area contributed by atoms with Crippen LogP contribution in [0, 0.1) is 5.41 Å². The molecule has 0 N–H and O–H groups in total. The van der Waals surface area contributed by atoms with Crippen LogP contribution in [0.5, 0.6) is 5.75 Å². The molecule has 0 saturated carbocycles. The highest BCUT2D eigenvalue weighted by Crippen LogP contribution is 2.37. The molecule has 1 aliphatic heterocycles. The van der Waals surface area contributed by atoms with Crippen molar-refractivity contribution in [3.63, 3.8) is 0 Å². The van der Waals surface area contributed by atoms with E-state index in [4.69, 9.17) is 4.74 Å². The van der Waals surface area contributed by atoms with E-state index >= 15 is 0 Å². The van der Waals surface area contributed by atoms with Gasteiger partial charge in [-0.3, -0.25) is 4.79 Å². The molecule has 86 valence electrons. The standard InChI is InChI=1S/C14H18O2/c1-14(2,3)13(15)8-10-9-16-12-7-5-4-6-11(10)12/h4-7,10H,8-9H2,1-3H3. The topological polar surface area (TPSA) is 26.3 Å². The lowest BCUT2D eigenvalue weighted by Crippen LogP contribution is -2.22. The van der Waals surface area contributed by atoms with Gasteiger partial charge in [-0.15, -0.1) is 0 Å². The molecule has 0 radical (unpaired) electrons. The molecule has 0 fully saturated rings. The highest BCUT2D eigenvalue weighted by Gasteiger charge is 2.30. The highest BCUT2D eigenvalue weighted by atomic mass is 16.5. The molecule has 1 atom stereocenters.